The molecule has 9 nitrogen and oxygen atoms in total. The Morgan fingerprint density at radius 3 is 2.83 bits per heavy atom. The van der Waals surface area contributed by atoms with Gasteiger partial charge >= 0.3 is 6.03 Å². The Labute approximate surface area is 173 Å². The van der Waals surface area contributed by atoms with Gasteiger partial charge in [-0.1, -0.05) is 38.1 Å². The van der Waals surface area contributed by atoms with E-state index in [-0.39, 0.29) is 41.9 Å². The van der Waals surface area contributed by atoms with Gasteiger partial charge in [0.05, 0.1) is 6.04 Å². The first-order chi connectivity index (χ1) is 14.2. The van der Waals surface area contributed by atoms with Crippen LogP contribution in [0.3, 0.4) is 0 Å². The molecule has 2 saturated heterocycles. The first-order valence-corrected chi connectivity index (χ1v) is 9.93. The number of halogens is 1. The van der Waals surface area contributed by atoms with E-state index >= 15 is 0 Å². The fourth-order valence-corrected chi connectivity index (χ4v) is 3.78. The molecule has 160 valence electrons. The zero-order chi connectivity index (χ0) is 21.5. The Hall–Kier alpha value is -3.01. The van der Waals surface area contributed by atoms with Crippen LogP contribution >= 0.6 is 0 Å². The number of urea groups is 1. The van der Waals surface area contributed by atoms with Gasteiger partial charge in [0.2, 0.25) is 5.89 Å². The summed E-state index contributed by atoms with van der Waals surface area (Å²) in [5.41, 5.74) is 0.803. The Morgan fingerprint density at radius 1 is 1.33 bits per heavy atom. The summed E-state index contributed by atoms with van der Waals surface area (Å²) in [6.07, 6.45) is 0.623. The van der Waals surface area contributed by atoms with Crippen LogP contribution in [0.15, 0.2) is 22.7 Å². The van der Waals surface area contributed by atoms with Crippen molar-refractivity contribution in [2.45, 2.75) is 57.3 Å². The molecular weight excluding hydrogens is 391 g/mol. The molecule has 3 amide bonds. The van der Waals surface area contributed by atoms with Crippen LogP contribution in [0.4, 0.5) is 9.18 Å². The quantitative estimate of drug-likeness (QED) is 0.600. The predicted molar refractivity (Wildman–Crippen MR) is 105 cm³/mol. The van der Waals surface area contributed by atoms with Gasteiger partial charge in [0.15, 0.2) is 0 Å². The molecule has 3 unspecified atom stereocenters. The molecule has 0 aliphatic carbocycles. The molecule has 4 rings (SSSR count). The van der Waals surface area contributed by atoms with Crippen molar-refractivity contribution in [1.29, 1.82) is 0 Å². The predicted octanol–water partition coefficient (Wildman–Crippen LogP) is 1.52. The second-order valence-electron chi connectivity index (χ2n) is 8.68. The highest BCUT2D eigenvalue weighted by molar-refractivity contribution is 5.90. The summed E-state index contributed by atoms with van der Waals surface area (Å²) in [6, 6.07) is 4.62. The topological polar surface area (TPSA) is 121 Å². The van der Waals surface area contributed by atoms with Gasteiger partial charge in [-0.05, 0) is 24.6 Å². The van der Waals surface area contributed by atoms with E-state index in [4.69, 9.17) is 4.52 Å². The highest BCUT2D eigenvalue weighted by atomic mass is 19.1. The highest BCUT2D eigenvalue weighted by Gasteiger charge is 2.40. The van der Waals surface area contributed by atoms with E-state index in [0.717, 1.165) is 18.5 Å². The van der Waals surface area contributed by atoms with E-state index in [0.29, 0.717) is 11.5 Å². The first kappa shape index (κ1) is 20.3. The third-order valence-corrected chi connectivity index (χ3v) is 5.41. The molecule has 4 N–H and O–H groups in total. The lowest BCUT2D eigenvalue weighted by Gasteiger charge is -2.33. The number of rotatable bonds is 4. The third kappa shape index (κ3) is 4.00. The maximum Gasteiger partial charge on any atom is 0.316 e. The monoisotopic (exact) mass is 416 g/mol. The van der Waals surface area contributed by atoms with Crippen molar-refractivity contribution in [3.05, 3.63) is 46.9 Å². The molecule has 1 aromatic carbocycles. The Kier molecular flexibility index (Phi) is 5.19. The average Bonchev–Trinajstić information content (AvgIpc) is 3.32. The van der Waals surface area contributed by atoms with Crippen molar-refractivity contribution in [3.8, 4) is 0 Å². The van der Waals surface area contributed by atoms with E-state index in [1.807, 2.05) is 26.8 Å². The van der Waals surface area contributed by atoms with Gasteiger partial charge < -0.3 is 20.5 Å². The molecule has 3 heterocycles. The average molecular weight is 416 g/mol. The van der Waals surface area contributed by atoms with Gasteiger partial charge in [-0.2, -0.15) is 4.98 Å². The summed E-state index contributed by atoms with van der Waals surface area (Å²) >= 11 is 0. The van der Waals surface area contributed by atoms with Crippen LogP contribution in [0.1, 0.15) is 60.7 Å². The molecule has 2 aromatic rings. The summed E-state index contributed by atoms with van der Waals surface area (Å²) in [7, 11) is 0. The van der Waals surface area contributed by atoms with Gasteiger partial charge in [-0.25, -0.2) is 9.18 Å². The van der Waals surface area contributed by atoms with Crippen molar-refractivity contribution < 1.29 is 18.5 Å². The van der Waals surface area contributed by atoms with Crippen molar-refractivity contribution in [2.24, 2.45) is 0 Å². The summed E-state index contributed by atoms with van der Waals surface area (Å²) < 4.78 is 19.8. The molecule has 2 aliphatic rings. The van der Waals surface area contributed by atoms with Crippen LogP contribution < -0.4 is 21.3 Å². The number of carbonyl (C=O) groups excluding carboxylic acids is 2. The Balaban J connectivity index is 1.42. The molecular formula is C20H25FN6O3. The van der Waals surface area contributed by atoms with Crippen LogP contribution in [-0.4, -0.2) is 40.8 Å². The van der Waals surface area contributed by atoms with Crippen LogP contribution in [0, 0.1) is 5.82 Å². The van der Waals surface area contributed by atoms with Crippen LogP contribution in [-0.2, 0) is 12.0 Å². The van der Waals surface area contributed by atoms with Gasteiger partial charge in [0, 0.05) is 23.4 Å². The zero-order valence-corrected chi connectivity index (χ0v) is 17.1. The molecule has 0 radical (unpaired) electrons. The largest absolute Gasteiger partial charge is 0.345 e. The minimum absolute atomic E-state index is 0.000898. The van der Waals surface area contributed by atoms with Crippen molar-refractivity contribution in [3.63, 3.8) is 0 Å². The number of nitrogens with one attached hydrogen (secondary N) is 4. The van der Waals surface area contributed by atoms with Crippen molar-refractivity contribution in [2.75, 3.05) is 6.54 Å². The molecule has 2 aliphatic heterocycles. The third-order valence-electron chi connectivity index (χ3n) is 5.41. The number of hydrogen-bond acceptors (Lipinski definition) is 6. The summed E-state index contributed by atoms with van der Waals surface area (Å²) in [5, 5.41) is 15.3. The van der Waals surface area contributed by atoms with E-state index in [1.54, 1.807) is 6.07 Å². The summed E-state index contributed by atoms with van der Waals surface area (Å²) in [5.74, 6) is -0.662. The zero-order valence-electron chi connectivity index (χ0n) is 17.1. The Bertz CT molecular complexity index is 970. The van der Waals surface area contributed by atoms with Crippen LogP contribution in [0.5, 0.6) is 0 Å². The van der Waals surface area contributed by atoms with Gasteiger partial charge in [0.1, 0.15) is 12.0 Å². The van der Waals surface area contributed by atoms with Crippen LogP contribution in [0.2, 0.25) is 0 Å². The van der Waals surface area contributed by atoms with Crippen molar-refractivity contribution in [1.82, 2.24) is 31.4 Å². The number of aromatic nitrogens is 2. The summed E-state index contributed by atoms with van der Waals surface area (Å²) in [4.78, 5) is 28.0. The second kappa shape index (κ2) is 7.67. The minimum atomic E-state index is -0.529. The Morgan fingerprint density at radius 2 is 2.13 bits per heavy atom. The number of amides is 3. The fraction of sp³-hybridized carbons (Fsp3) is 0.500. The molecule has 0 bridgehead atoms. The second-order valence-corrected chi connectivity index (χ2v) is 8.68. The number of benzene rings is 1. The van der Waals surface area contributed by atoms with E-state index in [9.17, 15) is 14.0 Å². The van der Waals surface area contributed by atoms with Gasteiger partial charge in [-0.15, -0.1) is 0 Å². The molecule has 1 aromatic heterocycles. The summed E-state index contributed by atoms with van der Waals surface area (Å²) in [6.45, 7) is 6.43. The molecule has 2 fully saturated rings. The number of nitrogens with zero attached hydrogens (tertiary/aromatic N) is 2. The number of piperidine rings is 1. The smallest absolute Gasteiger partial charge is 0.316 e. The van der Waals surface area contributed by atoms with E-state index < -0.39 is 11.7 Å². The standard InChI is InChI=1S/C20H25FN6O3/c1-20(2,3)18-25-16(27-30-18)17(28)23-9-11-5-4-10(8-13(11)21)12-6-7-22-15-14(12)24-19(29)26-15/h4-5,8,12,14-15,22H,6-7,9H2,1-3H3,(H,23,28)(H2,24,26,29). The van der Waals surface area contributed by atoms with Gasteiger partial charge in [0.25, 0.3) is 11.7 Å². The minimum Gasteiger partial charge on any atom is -0.345 e. The van der Waals surface area contributed by atoms with Crippen LogP contribution in [0.25, 0.3) is 0 Å². The molecule has 10 heteroatoms. The maximum atomic E-state index is 14.7. The number of carbonyl (C=O) groups is 2. The van der Waals surface area contributed by atoms with Gasteiger partial charge in [-0.3, -0.25) is 10.1 Å². The fourth-order valence-electron chi connectivity index (χ4n) is 3.78. The van der Waals surface area contributed by atoms with E-state index in [1.165, 1.54) is 6.07 Å². The molecule has 0 spiro atoms. The highest BCUT2D eigenvalue weighted by Crippen LogP contribution is 2.30. The number of fused-ring (bicyclic) bond motifs is 1. The normalized spacial score (nSPS) is 23.5. The maximum absolute atomic E-state index is 14.7. The lowest BCUT2D eigenvalue weighted by atomic mass is 9.84. The number of hydrogen-bond donors (Lipinski definition) is 4. The SMILES string of the molecule is CC(C)(C)c1nc(C(=O)NCc2ccc(C3CCNC4NC(=O)NC43)cc2F)no1. The molecule has 3 atom stereocenters. The lowest BCUT2D eigenvalue weighted by Crippen LogP contribution is -2.53. The molecule has 30 heavy (non-hydrogen) atoms. The first-order valence-electron chi connectivity index (χ1n) is 9.93. The molecule has 0 saturated carbocycles. The lowest BCUT2D eigenvalue weighted by molar-refractivity contribution is 0.0937. The van der Waals surface area contributed by atoms with Crippen molar-refractivity contribution >= 4 is 11.9 Å². The van der Waals surface area contributed by atoms with E-state index in [2.05, 4.69) is 31.4 Å².